The van der Waals surface area contributed by atoms with Gasteiger partial charge in [0.25, 0.3) is 0 Å². The number of carboxylic acid groups (broad SMARTS) is 1. The number of hydrogen-bond acceptors (Lipinski definition) is 2. The maximum Gasteiger partial charge on any atom is 0.326 e. The first-order chi connectivity index (χ1) is 12.9. The van der Waals surface area contributed by atoms with Gasteiger partial charge >= 0.3 is 5.97 Å². The van der Waals surface area contributed by atoms with Gasteiger partial charge in [0.2, 0.25) is 5.91 Å². The first-order valence-electron chi connectivity index (χ1n) is 8.37. The van der Waals surface area contributed by atoms with Gasteiger partial charge < -0.3 is 10.4 Å². The van der Waals surface area contributed by atoms with Crippen LogP contribution in [0.5, 0.6) is 0 Å². The summed E-state index contributed by atoms with van der Waals surface area (Å²) in [6.07, 6.45) is -0.128. The molecule has 0 bridgehead atoms. The third-order valence-corrected chi connectivity index (χ3v) is 4.29. The van der Waals surface area contributed by atoms with E-state index in [4.69, 9.17) is 0 Å². The molecule has 1 amide bonds. The molecule has 0 aliphatic rings. The zero-order valence-corrected chi connectivity index (χ0v) is 14.3. The second-order valence-corrected chi connectivity index (χ2v) is 6.23. The van der Waals surface area contributed by atoms with Crippen LogP contribution in [-0.4, -0.2) is 23.0 Å². The summed E-state index contributed by atoms with van der Waals surface area (Å²) in [4.78, 5) is 23.8. The Balaban J connectivity index is 1.74. The van der Waals surface area contributed by atoms with Crippen LogP contribution in [0.3, 0.4) is 0 Å². The Morgan fingerprint density at radius 3 is 2.44 bits per heavy atom. The normalized spacial score (nSPS) is 11.9. The Labute approximate surface area is 154 Å². The van der Waals surface area contributed by atoms with Crippen LogP contribution in [0.2, 0.25) is 0 Å². The third kappa shape index (κ3) is 4.47. The lowest BCUT2D eigenvalue weighted by Crippen LogP contribution is -2.43. The predicted octanol–water partition coefficient (Wildman–Crippen LogP) is 3.47. The fraction of sp³-hybridized carbons (Fsp3) is 0.143. The predicted molar refractivity (Wildman–Crippen MR) is 97.3 cm³/mol. The first-order valence-corrected chi connectivity index (χ1v) is 8.37. The summed E-state index contributed by atoms with van der Waals surface area (Å²) in [5.74, 6) is -3.79. The molecule has 4 nitrogen and oxygen atoms in total. The molecule has 0 unspecified atom stereocenters. The van der Waals surface area contributed by atoms with Gasteiger partial charge in [-0.15, -0.1) is 0 Å². The second kappa shape index (κ2) is 7.95. The molecular formula is C21H17F2NO3. The van der Waals surface area contributed by atoms with Gasteiger partial charge in [0.1, 0.15) is 6.04 Å². The van der Waals surface area contributed by atoms with Crippen LogP contribution in [0, 0.1) is 11.6 Å². The minimum absolute atomic E-state index is 0.111. The molecule has 0 aliphatic heterocycles. The van der Waals surface area contributed by atoms with Crippen molar-refractivity contribution in [1.29, 1.82) is 0 Å². The molecule has 2 N–H and O–H groups in total. The van der Waals surface area contributed by atoms with Crippen LogP contribution in [0.1, 0.15) is 11.1 Å². The second-order valence-electron chi connectivity index (χ2n) is 6.23. The molecule has 0 saturated carbocycles. The van der Waals surface area contributed by atoms with Gasteiger partial charge in [-0.1, -0.05) is 48.5 Å². The largest absolute Gasteiger partial charge is 0.480 e. The highest BCUT2D eigenvalue weighted by Gasteiger charge is 2.21. The summed E-state index contributed by atoms with van der Waals surface area (Å²) in [7, 11) is 0. The smallest absolute Gasteiger partial charge is 0.326 e. The minimum Gasteiger partial charge on any atom is -0.480 e. The van der Waals surface area contributed by atoms with Crippen molar-refractivity contribution in [2.24, 2.45) is 0 Å². The fourth-order valence-electron chi connectivity index (χ4n) is 2.97. The highest BCUT2D eigenvalue weighted by molar-refractivity contribution is 5.88. The van der Waals surface area contributed by atoms with Crippen LogP contribution in [0.4, 0.5) is 8.78 Å². The van der Waals surface area contributed by atoms with Crippen molar-refractivity contribution < 1.29 is 23.5 Å². The number of halogens is 2. The standard InChI is InChI=1S/C21H17F2NO3/c22-17-9-8-13(10-18(17)23)11-20(25)24-19(21(26)27)12-15-6-3-5-14-4-1-2-7-16(14)15/h1-10,19H,11-12H2,(H,24,25)(H,26,27)/t19-/m1/s1. The van der Waals surface area contributed by atoms with E-state index in [1.54, 1.807) is 0 Å². The number of carbonyl (C=O) groups is 2. The van der Waals surface area contributed by atoms with E-state index in [1.165, 1.54) is 6.07 Å². The lowest BCUT2D eigenvalue weighted by Gasteiger charge is -2.16. The number of carbonyl (C=O) groups excluding carboxylic acids is 1. The number of hydrogen-bond donors (Lipinski definition) is 2. The first kappa shape index (κ1) is 18.5. The van der Waals surface area contributed by atoms with Crippen molar-refractivity contribution in [3.8, 4) is 0 Å². The zero-order valence-electron chi connectivity index (χ0n) is 14.3. The molecule has 0 aliphatic carbocycles. The van der Waals surface area contributed by atoms with Gasteiger partial charge in [0, 0.05) is 6.42 Å². The average molecular weight is 369 g/mol. The molecule has 3 rings (SSSR count). The Bertz CT molecular complexity index is 998. The van der Waals surface area contributed by atoms with Crippen molar-refractivity contribution in [3.05, 3.63) is 83.4 Å². The number of nitrogens with one attached hydrogen (secondary N) is 1. The minimum atomic E-state index is -1.17. The summed E-state index contributed by atoms with van der Waals surface area (Å²) in [5, 5.41) is 13.8. The van der Waals surface area contributed by atoms with Gasteiger partial charge in [0.05, 0.1) is 6.42 Å². The highest BCUT2D eigenvalue weighted by atomic mass is 19.2. The van der Waals surface area contributed by atoms with Crippen LogP contribution >= 0.6 is 0 Å². The highest BCUT2D eigenvalue weighted by Crippen LogP contribution is 2.20. The monoisotopic (exact) mass is 369 g/mol. The molecule has 138 valence electrons. The summed E-state index contributed by atoms with van der Waals surface area (Å²) >= 11 is 0. The van der Waals surface area contributed by atoms with Gasteiger partial charge in [0.15, 0.2) is 11.6 Å². The molecule has 1 atom stereocenters. The maximum absolute atomic E-state index is 13.3. The van der Waals surface area contributed by atoms with E-state index in [9.17, 15) is 23.5 Å². The summed E-state index contributed by atoms with van der Waals surface area (Å²) in [6.45, 7) is 0. The van der Waals surface area contributed by atoms with Crippen molar-refractivity contribution in [2.75, 3.05) is 0 Å². The quantitative estimate of drug-likeness (QED) is 0.699. The zero-order chi connectivity index (χ0) is 19.4. The van der Waals surface area contributed by atoms with Gasteiger partial charge in [-0.05, 0) is 34.0 Å². The Kier molecular flexibility index (Phi) is 5.45. The lowest BCUT2D eigenvalue weighted by molar-refractivity contribution is -0.141. The average Bonchev–Trinajstić information content (AvgIpc) is 2.64. The topological polar surface area (TPSA) is 66.4 Å². The third-order valence-electron chi connectivity index (χ3n) is 4.29. The molecule has 0 aromatic heterocycles. The number of rotatable bonds is 6. The molecule has 0 radical (unpaired) electrons. The van der Waals surface area contributed by atoms with Crippen molar-refractivity contribution >= 4 is 22.6 Å². The van der Waals surface area contributed by atoms with Crippen molar-refractivity contribution in [3.63, 3.8) is 0 Å². The van der Waals surface area contributed by atoms with Crippen LogP contribution < -0.4 is 5.32 Å². The number of fused-ring (bicyclic) bond motifs is 1. The Morgan fingerprint density at radius 1 is 0.963 bits per heavy atom. The molecule has 0 fully saturated rings. The summed E-state index contributed by atoms with van der Waals surface area (Å²) in [6, 6.07) is 15.2. The van der Waals surface area contributed by atoms with Gasteiger partial charge in [-0.25, -0.2) is 13.6 Å². The molecular weight excluding hydrogens is 352 g/mol. The Hall–Kier alpha value is -3.28. The van der Waals surface area contributed by atoms with E-state index in [0.717, 1.165) is 28.5 Å². The summed E-state index contributed by atoms with van der Waals surface area (Å²) in [5.41, 5.74) is 1.06. The molecule has 0 saturated heterocycles. The summed E-state index contributed by atoms with van der Waals surface area (Å²) < 4.78 is 26.2. The number of carboxylic acids is 1. The maximum atomic E-state index is 13.3. The van der Waals surface area contributed by atoms with Gasteiger partial charge in [-0.3, -0.25) is 4.79 Å². The molecule has 3 aromatic rings. The number of amides is 1. The molecule has 0 heterocycles. The van der Waals surface area contributed by atoms with E-state index in [2.05, 4.69) is 5.32 Å². The van der Waals surface area contributed by atoms with Crippen LogP contribution in [0.15, 0.2) is 60.7 Å². The SMILES string of the molecule is O=C(Cc1ccc(F)c(F)c1)N[C@H](Cc1cccc2ccccc12)C(=O)O. The van der Waals surface area contributed by atoms with Crippen LogP contribution in [0.25, 0.3) is 10.8 Å². The van der Waals surface area contributed by atoms with Crippen molar-refractivity contribution in [2.45, 2.75) is 18.9 Å². The molecule has 3 aromatic carbocycles. The molecule has 27 heavy (non-hydrogen) atoms. The van der Waals surface area contributed by atoms with E-state index in [1.807, 2.05) is 42.5 Å². The Morgan fingerprint density at radius 2 is 1.70 bits per heavy atom. The van der Waals surface area contributed by atoms with Crippen molar-refractivity contribution in [1.82, 2.24) is 5.32 Å². The van der Waals surface area contributed by atoms with E-state index in [-0.39, 0.29) is 18.4 Å². The molecule has 6 heteroatoms. The fourth-order valence-corrected chi connectivity index (χ4v) is 2.97. The van der Waals surface area contributed by atoms with E-state index < -0.39 is 29.6 Å². The lowest BCUT2D eigenvalue weighted by atomic mass is 9.98. The van der Waals surface area contributed by atoms with Gasteiger partial charge in [-0.2, -0.15) is 0 Å². The molecule has 0 spiro atoms. The van der Waals surface area contributed by atoms with Crippen LogP contribution in [-0.2, 0) is 22.4 Å². The number of benzene rings is 3. The van der Waals surface area contributed by atoms with E-state index in [0.29, 0.717) is 0 Å². The number of aliphatic carboxylic acids is 1. The van der Waals surface area contributed by atoms with E-state index >= 15 is 0 Å².